The van der Waals surface area contributed by atoms with Crippen molar-refractivity contribution in [2.24, 2.45) is 0 Å². The number of ether oxygens (including phenoxy) is 1. The molecule has 1 aliphatic rings. The molecule has 7 nitrogen and oxygen atoms in total. The summed E-state index contributed by atoms with van der Waals surface area (Å²) in [4.78, 5) is 14.6. The van der Waals surface area contributed by atoms with Gasteiger partial charge in [-0.2, -0.15) is 0 Å². The molecule has 3 rings (SSSR count). The van der Waals surface area contributed by atoms with E-state index >= 15 is 0 Å². The summed E-state index contributed by atoms with van der Waals surface area (Å²) in [5.41, 5.74) is 3.30. The Labute approximate surface area is 171 Å². The largest absolute Gasteiger partial charge is 0.497 e. The van der Waals surface area contributed by atoms with Gasteiger partial charge < -0.3 is 4.74 Å². The first-order valence-corrected chi connectivity index (χ1v) is 11.1. The van der Waals surface area contributed by atoms with Crippen LogP contribution >= 0.6 is 0 Å². The molecular formula is C21H26N2O5S. The summed E-state index contributed by atoms with van der Waals surface area (Å²) < 4.78 is 30.0. The van der Waals surface area contributed by atoms with Crippen LogP contribution in [0, 0.1) is 0 Å². The summed E-state index contributed by atoms with van der Waals surface area (Å²) in [5, 5.41) is 9.26. The first-order valence-electron chi connectivity index (χ1n) is 9.46. The number of nitrogens with one attached hydrogen (secondary N) is 1. The van der Waals surface area contributed by atoms with Crippen LogP contribution in [-0.4, -0.2) is 49.4 Å². The maximum Gasteiger partial charge on any atom is 0.264 e. The van der Waals surface area contributed by atoms with Crippen LogP contribution in [0.15, 0.2) is 54.6 Å². The molecular weight excluding hydrogens is 392 g/mol. The van der Waals surface area contributed by atoms with Crippen LogP contribution in [0.5, 0.6) is 5.75 Å². The Morgan fingerprint density at radius 1 is 1.07 bits per heavy atom. The fraction of sp³-hybridized carbons (Fsp3) is 0.381. The maximum atomic E-state index is 13.3. The normalized spacial score (nSPS) is 16.9. The highest BCUT2D eigenvalue weighted by Gasteiger charge is 2.51. The molecule has 0 spiro atoms. The lowest BCUT2D eigenvalue weighted by Gasteiger charge is -2.39. The third kappa shape index (κ3) is 4.60. The van der Waals surface area contributed by atoms with Crippen LogP contribution in [0.25, 0.3) is 0 Å². The summed E-state index contributed by atoms with van der Waals surface area (Å²) >= 11 is 0. The predicted octanol–water partition coefficient (Wildman–Crippen LogP) is 2.15. The minimum atomic E-state index is -3.86. The molecule has 0 saturated carbocycles. The average Bonchev–Trinajstić information content (AvgIpc) is 2.74. The van der Waals surface area contributed by atoms with Gasteiger partial charge in [-0.1, -0.05) is 42.5 Å². The number of carbonyl (C=O) groups is 1. The van der Waals surface area contributed by atoms with Gasteiger partial charge in [0.25, 0.3) is 5.91 Å². The quantitative estimate of drug-likeness (QED) is 0.528. The highest BCUT2D eigenvalue weighted by Crippen LogP contribution is 2.34. The number of amides is 1. The number of likely N-dealkylation sites (tertiary alicyclic amines) is 1. The number of hydrogen-bond acceptors (Lipinski definition) is 6. The van der Waals surface area contributed by atoms with Crippen molar-refractivity contribution >= 4 is 15.7 Å². The molecule has 1 amide bonds. The molecule has 2 aromatic rings. The Balaban J connectivity index is 1.77. The van der Waals surface area contributed by atoms with Gasteiger partial charge in [-0.15, -0.1) is 0 Å². The van der Waals surface area contributed by atoms with Gasteiger partial charge in [0, 0.05) is 19.6 Å². The number of carbonyl (C=O) groups excluding carboxylic acids is 1. The predicted molar refractivity (Wildman–Crippen MR) is 109 cm³/mol. The highest BCUT2D eigenvalue weighted by molar-refractivity contribution is 7.92. The van der Waals surface area contributed by atoms with Gasteiger partial charge in [0.2, 0.25) is 0 Å². The molecule has 156 valence electrons. The van der Waals surface area contributed by atoms with Crippen molar-refractivity contribution in [3.8, 4) is 5.75 Å². The molecule has 1 saturated heterocycles. The zero-order chi connectivity index (χ0) is 20.9. The minimum Gasteiger partial charge on any atom is -0.497 e. The van der Waals surface area contributed by atoms with Crippen molar-refractivity contribution in [1.29, 1.82) is 0 Å². The summed E-state index contributed by atoms with van der Waals surface area (Å²) in [6.07, 6.45) is 0.259. The second kappa shape index (κ2) is 8.94. The molecule has 1 heterocycles. The number of nitrogens with zero attached hydrogens (tertiary/aromatic N) is 1. The van der Waals surface area contributed by atoms with E-state index in [4.69, 9.17) is 4.74 Å². The van der Waals surface area contributed by atoms with Gasteiger partial charge in [-0.05, 0) is 36.1 Å². The van der Waals surface area contributed by atoms with Gasteiger partial charge in [-0.3, -0.25) is 14.9 Å². The lowest BCUT2D eigenvalue weighted by Crippen LogP contribution is -2.57. The molecule has 0 unspecified atom stereocenters. The lowest BCUT2D eigenvalue weighted by atomic mass is 9.94. The first kappa shape index (κ1) is 21.3. The standard InChI is InChI=1S/C21H26N2O5S/c1-28-19-9-7-18(8-10-19)16-29(26,27)21(20(24)22-25)11-13-23(14-12-21)15-17-5-3-2-4-6-17/h2-10,25H,11-16H2,1H3,(H,22,24). The molecule has 0 aromatic heterocycles. The highest BCUT2D eigenvalue weighted by atomic mass is 32.2. The molecule has 8 heteroatoms. The third-order valence-corrected chi connectivity index (χ3v) is 8.04. The number of hydrogen-bond donors (Lipinski definition) is 2. The third-order valence-electron chi connectivity index (χ3n) is 5.54. The molecule has 0 aliphatic carbocycles. The fourth-order valence-electron chi connectivity index (χ4n) is 3.77. The second-order valence-corrected chi connectivity index (χ2v) is 9.60. The molecule has 0 atom stereocenters. The van der Waals surface area contributed by atoms with Crippen LogP contribution in [-0.2, 0) is 26.9 Å². The van der Waals surface area contributed by atoms with E-state index in [1.165, 1.54) is 7.11 Å². The second-order valence-electron chi connectivity index (χ2n) is 7.30. The van der Waals surface area contributed by atoms with E-state index < -0.39 is 20.5 Å². The Morgan fingerprint density at radius 3 is 2.24 bits per heavy atom. The van der Waals surface area contributed by atoms with E-state index in [9.17, 15) is 18.4 Å². The van der Waals surface area contributed by atoms with E-state index in [0.717, 1.165) is 5.56 Å². The van der Waals surface area contributed by atoms with Gasteiger partial charge >= 0.3 is 0 Å². The van der Waals surface area contributed by atoms with E-state index in [1.807, 2.05) is 30.3 Å². The number of rotatable bonds is 7. The monoisotopic (exact) mass is 418 g/mol. The van der Waals surface area contributed by atoms with E-state index in [-0.39, 0.29) is 18.6 Å². The van der Waals surface area contributed by atoms with Crippen LogP contribution in [0.4, 0.5) is 0 Å². The van der Waals surface area contributed by atoms with Crippen molar-refractivity contribution in [3.05, 3.63) is 65.7 Å². The maximum absolute atomic E-state index is 13.3. The minimum absolute atomic E-state index is 0.130. The molecule has 1 aliphatic heterocycles. The van der Waals surface area contributed by atoms with Gasteiger partial charge in [0.1, 0.15) is 5.75 Å². The molecule has 2 aromatic carbocycles. The van der Waals surface area contributed by atoms with E-state index in [1.54, 1.807) is 29.7 Å². The Bertz CT molecular complexity index is 921. The number of methoxy groups -OCH3 is 1. The number of hydroxylamine groups is 1. The van der Waals surface area contributed by atoms with E-state index in [2.05, 4.69) is 4.90 Å². The zero-order valence-electron chi connectivity index (χ0n) is 16.4. The summed E-state index contributed by atoms with van der Waals surface area (Å²) in [7, 11) is -2.33. The van der Waals surface area contributed by atoms with Crippen molar-refractivity contribution in [2.45, 2.75) is 29.9 Å². The number of piperidine rings is 1. The molecule has 1 fully saturated rings. The van der Waals surface area contributed by atoms with Crippen LogP contribution in [0.3, 0.4) is 0 Å². The smallest absolute Gasteiger partial charge is 0.264 e. The Hall–Kier alpha value is -2.42. The van der Waals surface area contributed by atoms with Gasteiger partial charge in [0.15, 0.2) is 14.6 Å². The SMILES string of the molecule is COc1ccc(CS(=O)(=O)C2(C(=O)NO)CCN(Cc3ccccc3)CC2)cc1. The molecule has 29 heavy (non-hydrogen) atoms. The van der Waals surface area contributed by atoms with Gasteiger partial charge in [0.05, 0.1) is 12.9 Å². The van der Waals surface area contributed by atoms with Crippen molar-refractivity contribution in [3.63, 3.8) is 0 Å². The summed E-state index contributed by atoms with van der Waals surface area (Å²) in [6, 6.07) is 16.6. The van der Waals surface area contributed by atoms with Crippen LogP contribution in [0.1, 0.15) is 24.0 Å². The topological polar surface area (TPSA) is 95.9 Å². The fourth-order valence-corrected chi connectivity index (χ4v) is 5.81. The van der Waals surface area contributed by atoms with Crippen LogP contribution < -0.4 is 10.2 Å². The summed E-state index contributed by atoms with van der Waals surface area (Å²) in [5.74, 6) is -0.503. The van der Waals surface area contributed by atoms with Crippen molar-refractivity contribution < 1.29 is 23.2 Å². The molecule has 0 bridgehead atoms. The summed E-state index contributed by atoms with van der Waals surface area (Å²) in [6.45, 7) is 1.59. The van der Waals surface area contributed by atoms with Gasteiger partial charge in [-0.25, -0.2) is 13.9 Å². The zero-order valence-corrected chi connectivity index (χ0v) is 17.2. The number of benzene rings is 2. The molecule has 2 N–H and O–H groups in total. The Kier molecular flexibility index (Phi) is 6.56. The van der Waals surface area contributed by atoms with Crippen molar-refractivity contribution in [1.82, 2.24) is 10.4 Å². The lowest BCUT2D eigenvalue weighted by molar-refractivity contribution is -0.133. The average molecular weight is 419 g/mol. The van der Waals surface area contributed by atoms with Crippen LogP contribution in [0.2, 0.25) is 0 Å². The van der Waals surface area contributed by atoms with E-state index in [0.29, 0.717) is 30.9 Å². The number of sulfone groups is 1. The molecule has 0 radical (unpaired) electrons. The Morgan fingerprint density at radius 2 is 1.69 bits per heavy atom. The van der Waals surface area contributed by atoms with Crippen molar-refractivity contribution in [2.75, 3.05) is 20.2 Å². The first-order chi connectivity index (χ1) is 13.9.